The largest absolute Gasteiger partial charge is 0.508 e. The van der Waals surface area contributed by atoms with Gasteiger partial charge in [0.05, 0.1) is 6.61 Å². The summed E-state index contributed by atoms with van der Waals surface area (Å²) < 4.78 is 22.9. The van der Waals surface area contributed by atoms with Crippen LogP contribution in [0.3, 0.4) is 0 Å². The van der Waals surface area contributed by atoms with Crippen molar-refractivity contribution in [2.24, 2.45) is 0 Å². The van der Waals surface area contributed by atoms with Gasteiger partial charge in [-0.2, -0.15) is 0 Å². The van der Waals surface area contributed by atoms with Gasteiger partial charge >= 0.3 is 5.97 Å². The first-order valence-corrected chi connectivity index (χ1v) is 12.7. The molecule has 5 rings (SSSR count). The van der Waals surface area contributed by atoms with E-state index in [0.29, 0.717) is 35.3 Å². The van der Waals surface area contributed by atoms with Gasteiger partial charge in [-0.3, -0.25) is 0 Å². The number of carbonyl (C=O) groups is 1. The highest BCUT2D eigenvalue weighted by atomic mass is 16.7. The van der Waals surface area contributed by atoms with Gasteiger partial charge in [0, 0.05) is 23.8 Å². The zero-order valence-electron chi connectivity index (χ0n) is 21.5. The van der Waals surface area contributed by atoms with Gasteiger partial charge in [0.2, 0.25) is 6.29 Å². The average Bonchev–Trinajstić information content (AvgIpc) is 2.94. The minimum atomic E-state index is -1.56. The number of hydrogen-bond acceptors (Lipinski definition) is 12. The first-order valence-electron chi connectivity index (χ1n) is 12.7. The van der Waals surface area contributed by atoms with E-state index in [2.05, 4.69) is 0 Å². The van der Waals surface area contributed by atoms with Crippen molar-refractivity contribution in [2.75, 3.05) is 6.61 Å². The van der Waals surface area contributed by atoms with Gasteiger partial charge in [-0.15, -0.1) is 0 Å². The van der Waals surface area contributed by atoms with E-state index >= 15 is 0 Å². The van der Waals surface area contributed by atoms with Crippen LogP contribution in [0.1, 0.15) is 29.2 Å². The summed E-state index contributed by atoms with van der Waals surface area (Å²) in [6.45, 7) is -0.313. The van der Waals surface area contributed by atoms with Crippen molar-refractivity contribution in [3.05, 3.63) is 71.3 Å². The number of aliphatic hydroxyl groups is 2. The summed E-state index contributed by atoms with van der Waals surface area (Å²) in [6, 6.07) is 11.0. The summed E-state index contributed by atoms with van der Waals surface area (Å²) in [5.74, 6) is -1.90. The molecule has 0 aliphatic carbocycles. The van der Waals surface area contributed by atoms with Crippen molar-refractivity contribution < 1.29 is 59.5 Å². The molecule has 0 saturated carbocycles. The molecule has 1 fully saturated rings. The molecule has 7 N–H and O–H groups in total. The Morgan fingerprint density at radius 1 is 0.902 bits per heavy atom. The molecule has 0 radical (unpaired) electrons. The summed E-state index contributed by atoms with van der Waals surface area (Å²) in [6.07, 6.45) is -3.00. The van der Waals surface area contributed by atoms with Crippen LogP contribution in [0.15, 0.2) is 54.6 Å². The number of hydrogen-bond donors (Lipinski definition) is 7. The summed E-state index contributed by atoms with van der Waals surface area (Å²) >= 11 is 0. The second-order valence-electron chi connectivity index (χ2n) is 9.67. The number of aromatic hydroxyl groups is 5. The van der Waals surface area contributed by atoms with Gasteiger partial charge in [0.1, 0.15) is 35.6 Å². The second kappa shape index (κ2) is 11.5. The fourth-order valence-electron chi connectivity index (χ4n) is 4.63. The zero-order chi connectivity index (χ0) is 29.3. The number of fused-ring (bicyclic) bond motifs is 1. The Morgan fingerprint density at radius 2 is 1.63 bits per heavy atom. The molecule has 2 heterocycles. The Bertz CT molecular complexity index is 1470. The van der Waals surface area contributed by atoms with Crippen LogP contribution in [0, 0.1) is 0 Å². The standard InChI is InChI=1S/C29H28O12/c30-16-11-24-17(4-7-23(39-24)15-3-6-19(32)21(34)10-15)25(12-16)40-29-28(27(37)22(35)13-38-29)41-26(36)8-2-14-1-5-18(31)20(33)9-14/h1-3,5-6,8-12,22-23,27-35,37H,4,7,13H2. The maximum atomic E-state index is 12.6. The predicted molar refractivity (Wildman–Crippen MR) is 141 cm³/mol. The second-order valence-corrected chi connectivity index (χ2v) is 9.67. The molecule has 216 valence electrons. The summed E-state index contributed by atoms with van der Waals surface area (Å²) in [4.78, 5) is 12.6. The van der Waals surface area contributed by atoms with Crippen LogP contribution in [0.25, 0.3) is 6.08 Å². The summed E-state index contributed by atoms with van der Waals surface area (Å²) in [5, 5.41) is 69.6. The molecule has 3 aromatic rings. The Morgan fingerprint density at radius 3 is 2.37 bits per heavy atom. The molecule has 3 aromatic carbocycles. The van der Waals surface area contributed by atoms with Crippen LogP contribution in [0.4, 0.5) is 0 Å². The highest BCUT2D eigenvalue weighted by Gasteiger charge is 2.43. The smallest absolute Gasteiger partial charge is 0.331 e. The molecular weight excluding hydrogens is 540 g/mol. The summed E-state index contributed by atoms with van der Waals surface area (Å²) in [5.41, 5.74) is 1.58. The molecule has 2 aliphatic heterocycles. The molecule has 12 heteroatoms. The number of aliphatic hydroxyl groups excluding tert-OH is 2. The Balaban J connectivity index is 1.33. The third-order valence-corrected chi connectivity index (χ3v) is 6.79. The summed E-state index contributed by atoms with van der Waals surface area (Å²) in [7, 11) is 0. The van der Waals surface area contributed by atoms with E-state index in [-0.39, 0.29) is 41.1 Å². The zero-order valence-corrected chi connectivity index (χ0v) is 21.5. The highest BCUT2D eigenvalue weighted by Crippen LogP contribution is 2.44. The van der Waals surface area contributed by atoms with Crippen molar-refractivity contribution in [3.8, 4) is 40.2 Å². The third-order valence-electron chi connectivity index (χ3n) is 6.79. The van der Waals surface area contributed by atoms with Gasteiger partial charge in [0.15, 0.2) is 29.1 Å². The van der Waals surface area contributed by atoms with Crippen molar-refractivity contribution in [2.45, 2.75) is 43.5 Å². The normalized spacial score (nSPS) is 23.9. The minimum absolute atomic E-state index is 0.150. The molecule has 0 spiro atoms. The Hall–Kier alpha value is -4.65. The lowest BCUT2D eigenvalue weighted by Gasteiger charge is -2.37. The molecule has 0 amide bonds. The lowest BCUT2D eigenvalue weighted by atomic mass is 9.96. The number of rotatable bonds is 6. The first kappa shape index (κ1) is 27.9. The lowest BCUT2D eigenvalue weighted by Crippen LogP contribution is -2.56. The van der Waals surface area contributed by atoms with E-state index < -0.39 is 36.7 Å². The van der Waals surface area contributed by atoms with E-state index in [4.69, 9.17) is 18.9 Å². The number of esters is 1. The minimum Gasteiger partial charge on any atom is -0.508 e. The topological polar surface area (TPSA) is 196 Å². The van der Waals surface area contributed by atoms with Crippen LogP contribution < -0.4 is 9.47 Å². The first-order chi connectivity index (χ1) is 19.6. The molecular formula is C29H28O12. The monoisotopic (exact) mass is 568 g/mol. The SMILES string of the molecule is O=C(C=Cc1ccc(O)c(O)c1)OC1C(Oc2cc(O)cc3c2CCC(c2ccc(O)c(O)c2)O3)OCC(O)C1O. The number of benzene rings is 3. The van der Waals surface area contributed by atoms with E-state index in [9.17, 15) is 40.5 Å². The highest BCUT2D eigenvalue weighted by molar-refractivity contribution is 5.87. The fraction of sp³-hybridized carbons (Fsp3) is 0.276. The van der Waals surface area contributed by atoms with E-state index in [1.54, 1.807) is 6.07 Å². The van der Waals surface area contributed by atoms with Crippen LogP contribution >= 0.6 is 0 Å². The average molecular weight is 569 g/mol. The van der Waals surface area contributed by atoms with Crippen molar-refractivity contribution in [1.82, 2.24) is 0 Å². The maximum absolute atomic E-state index is 12.6. The number of phenols is 5. The van der Waals surface area contributed by atoms with E-state index in [0.717, 1.165) is 6.08 Å². The van der Waals surface area contributed by atoms with Gasteiger partial charge in [-0.05, 0) is 54.3 Å². The van der Waals surface area contributed by atoms with Gasteiger partial charge in [0.25, 0.3) is 0 Å². The fourth-order valence-corrected chi connectivity index (χ4v) is 4.63. The molecule has 5 unspecified atom stereocenters. The molecule has 5 atom stereocenters. The van der Waals surface area contributed by atoms with E-state index in [1.807, 2.05) is 0 Å². The van der Waals surface area contributed by atoms with Crippen LogP contribution in [0.2, 0.25) is 0 Å². The van der Waals surface area contributed by atoms with Gasteiger partial charge < -0.3 is 54.7 Å². The van der Waals surface area contributed by atoms with Crippen molar-refractivity contribution >= 4 is 12.0 Å². The number of ether oxygens (including phenoxy) is 4. The third kappa shape index (κ3) is 6.09. The van der Waals surface area contributed by atoms with Crippen LogP contribution in [0.5, 0.6) is 40.2 Å². The quantitative estimate of drug-likeness (QED) is 0.130. The van der Waals surface area contributed by atoms with E-state index in [1.165, 1.54) is 48.5 Å². The van der Waals surface area contributed by atoms with Gasteiger partial charge in [-0.1, -0.05) is 12.1 Å². The predicted octanol–water partition coefficient (Wildman–Crippen LogP) is 2.36. The molecule has 2 aliphatic rings. The molecule has 0 bridgehead atoms. The number of carbonyl (C=O) groups excluding carboxylic acids is 1. The molecule has 0 aromatic heterocycles. The van der Waals surface area contributed by atoms with Crippen LogP contribution in [-0.2, 0) is 20.7 Å². The van der Waals surface area contributed by atoms with Crippen molar-refractivity contribution in [1.29, 1.82) is 0 Å². The lowest BCUT2D eigenvalue weighted by molar-refractivity contribution is -0.249. The van der Waals surface area contributed by atoms with Gasteiger partial charge in [-0.25, -0.2) is 4.79 Å². The number of phenolic OH excluding ortho intramolecular Hbond substituents is 5. The van der Waals surface area contributed by atoms with Crippen LogP contribution in [-0.4, -0.2) is 72.9 Å². The van der Waals surface area contributed by atoms with Crippen molar-refractivity contribution in [3.63, 3.8) is 0 Å². The Kier molecular flexibility index (Phi) is 7.79. The molecule has 1 saturated heterocycles. The molecule has 41 heavy (non-hydrogen) atoms. The maximum Gasteiger partial charge on any atom is 0.331 e. The Labute approximate surface area is 233 Å². The molecule has 12 nitrogen and oxygen atoms in total.